The second-order valence-corrected chi connectivity index (χ2v) is 11.2. The molecule has 0 aromatic carbocycles. The Balaban J connectivity index is 1.27. The highest BCUT2D eigenvalue weighted by molar-refractivity contribution is 5.97. The third-order valence-electron chi connectivity index (χ3n) is 8.23. The van der Waals surface area contributed by atoms with Crippen LogP contribution in [-0.4, -0.2) is 45.2 Å². The van der Waals surface area contributed by atoms with Crippen LogP contribution in [0.4, 0.5) is 23.2 Å². The first kappa shape index (κ1) is 26.2. The standard InChI is InChI=1S/C28H23F4N9O/c1-26(5-6-26)40-9-4-19(38-40)27(2)12-16(17-14-35-21-11-20(29)39-41(21)23(17)27)25(42)37-15-10-18(28(30,31)32)22(36-13-15)24-33-7-3-8-34-24/h3-4,7-11,13-14,16H,5-6,12H2,1-2H3,(H,37,42). The molecule has 0 radical (unpaired) electrons. The van der Waals surface area contributed by atoms with Crippen molar-refractivity contribution in [1.29, 1.82) is 0 Å². The van der Waals surface area contributed by atoms with Gasteiger partial charge >= 0.3 is 6.18 Å². The van der Waals surface area contributed by atoms with Gasteiger partial charge in [-0.3, -0.25) is 14.5 Å². The van der Waals surface area contributed by atoms with Crippen molar-refractivity contribution < 1.29 is 22.4 Å². The van der Waals surface area contributed by atoms with E-state index in [4.69, 9.17) is 5.10 Å². The molecule has 7 rings (SSSR count). The van der Waals surface area contributed by atoms with Gasteiger partial charge in [0.1, 0.15) is 5.69 Å². The number of rotatable bonds is 5. The van der Waals surface area contributed by atoms with Crippen molar-refractivity contribution in [2.45, 2.75) is 56.2 Å². The Bertz CT molecular complexity index is 1860. The summed E-state index contributed by atoms with van der Waals surface area (Å²) in [7, 11) is 0. The molecule has 2 aliphatic rings. The van der Waals surface area contributed by atoms with E-state index in [0.29, 0.717) is 17.0 Å². The second-order valence-electron chi connectivity index (χ2n) is 11.2. The Morgan fingerprint density at radius 1 is 1.05 bits per heavy atom. The van der Waals surface area contributed by atoms with Crippen LogP contribution in [0.25, 0.3) is 17.2 Å². The molecule has 1 amide bonds. The number of hydrogen-bond acceptors (Lipinski definition) is 7. The number of fused-ring (bicyclic) bond motifs is 3. The van der Waals surface area contributed by atoms with Gasteiger partial charge in [0.25, 0.3) is 0 Å². The molecule has 214 valence electrons. The van der Waals surface area contributed by atoms with Gasteiger partial charge in [0.15, 0.2) is 11.5 Å². The Morgan fingerprint density at radius 2 is 1.81 bits per heavy atom. The Labute approximate surface area is 235 Å². The van der Waals surface area contributed by atoms with Gasteiger partial charge in [-0.05, 0) is 51.3 Å². The second kappa shape index (κ2) is 8.87. The molecule has 0 bridgehead atoms. The number of aromatic nitrogens is 8. The van der Waals surface area contributed by atoms with Gasteiger partial charge in [-0.15, -0.1) is 5.10 Å². The predicted molar refractivity (Wildman–Crippen MR) is 141 cm³/mol. The van der Waals surface area contributed by atoms with Crippen LogP contribution in [0.1, 0.15) is 61.5 Å². The average molecular weight is 578 g/mol. The van der Waals surface area contributed by atoms with Crippen LogP contribution in [0.5, 0.6) is 0 Å². The third kappa shape index (κ3) is 4.11. The van der Waals surface area contributed by atoms with E-state index >= 15 is 0 Å². The first-order valence-electron chi connectivity index (χ1n) is 13.2. The van der Waals surface area contributed by atoms with Gasteiger partial charge in [0.2, 0.25) is 11.9 Å². The molecule has 0 saturated heterocycles. The lowest BCUT2D eigenvalue weighted by atomic mass is 9.82. The molecule has 5 aromatic rings. The summed E-state index contributed by atoms with van der Waals surface area (Å²) in [6.45, 7) is 4.01. The summed E-state index contributed by atoms with van der Waals surface area (Å²) in [4.78, 5) is 29.7. The Kier molecular flexibility index (Phi) is 5.53. The number of pyridine rings is 1. The lowest BCUT2D eigenvalue weighted by Crippen LogP contribution is -2.27. The molecule has 1 fully saturated rings. The number of carbonyl (C=O) groups is 1. The molecule has 1 N–H and O–H groups in total. The Morgan fingerprint density at radius 3 is 2.52 bits per heavy atom. The highest BCUT2D eigenvalue weighted by atomic mass is 19.4. The van der Waals surface area contributed by atoms with Crippen LogP contribution in [0.3, 0.4) is 0 Å². The maximum absolute atomic E-state index is 14.3. The van der Waals surface area contributed by atoms with Crippen LogP contribution < -0.4 is 5.32 Å². The molecule has 5 heterocycles. The van der Waals surface area contributed by atoms with E-state index in [1.54, 1.807) is 0 Å². The molecule has 2 unspecified atom stereocenters. The van der Waals surface area contributed by atoms with Gasteiger partial charge in [0.05, 0.1) is 45.7 Å². The summed E-state index contributed by atoms with van der Waals surface area (Å²) in [5.74, 6) is -2.33. The molecule has 10 nitrogen and oxygen atoms in total. The van der Waals surface area contributed by atoms with Crippen LogP contribution in [0.2, 0.25) is 0 Å². The topological polar surface area (TPSA) is 116 Å². The molecule has 2 aliphatic carbocycles. The van der Waals surface area contributed by atoms with E-state index in [-0.39, 0.29) is 29.1 Å². The fourth-order valence-corrected chi connectivity index (χ4v) is 5.71. The molecule has 42 heavy (non-hydrogen) atoms. The summed E-state index contributed by atoms with van der Waals surface area (Å²) in [5, 5.41) is 11.4. The largest absolute Gasteiger partial charge is 0.418 e. The normalized spacial score (nSPS) is 21.0. The number of amides is 1. The fraction of sp³-hybridized carbons (Fsp3) is 0.321. The highest BCUT2D eigenvalue weighted by Gasteiger charge is 2.49. The monoisotopic (exact) mass is 577 g/mol. The lowest BCUT2D eigenvalue weighted by molar-refractivity contribution is -0.137. The van der Waals surface area contributed by atoms with E-state index in [2.05, 4.69) is 37.3 Å². The molecular weight excluding hydrogens is 554 g/mol. The van der Waals surface area contributed by atoms with Crippen molar-refractivity contribution in [3.63, 3.8) is 0 Å². The fourth-order valence-electron chi connectivity index (χ4n) is 5.71. The maximum Gasteiger partial charge on any atom is 0.418 e. The summed E-state index contributed by atoms with van der Waals surface area (Å²) < 4.78 is 59.6. The van der Waals surface area contributed by atoms with Crippen molar-refractivity contribution in [3.8, 4) is 11.5 Å². The van der Waals surface area contributed by atoms with Crippen molar-refractivity contribution in [2.75, 3.05) is 5.32 Å². The molecule has 1 saturated carbocycles. The van der Waals surface area contributed by atoms with Gasteiger partial charge in [0, 0.05) is 36.4 Å². The zero-order chi connectivity index (χ0) is 29.4. The molecule has 2 atom stereocenters. The van der Waals surface area contributed by atoms with Crippen molar-refractivity contribution in [1.82, 2.24) is 39.3 Å². The van der Waals surface area contributed by atoms with Gasteiger partial charge in [-0.1, -0.05) is 0 Å². The quantitative estimate of drug-likeness (QED) is 0.296. The van der Waals surface area contributed by atoms with Crippen LogP contribution in [-0.2, 0) is 21.9 Å². The predicted octanol–water partition coefficient (Wildman–Crippen LogP) is 4.88. The number of nitrogens with one attached hydrogen (secondary N) is 1. The molecule has 0 aliphatic heterocycles. The van der Waals surface area contributed by atoms with Crippen molar-refractivity contribution >= 4 is 17.2 Å². The van der Waals surface area contributed by atoms with Crippen molar-refractivity contribution in [2.24, 2.45) is 0 Å². The molecule has 0 spiro atoms. The molecular formula is C28H23F4N9O. The highest BCUT2D eigenvalue weighted by Crippen LogP contribution is 2.50. The maximum atomic E-state index is 14.3. The van der Waals surface area contributed by atoms with E-state index in [9.17, 15) is 22.4 Å². The summed E-state index contributed by atoms with van der Waals surface area (Å²) in [6, 6.07) is 5.37. The van der Waals surface area contributed by atoms with E-state index < -0.39 is 40.6 Å². The summed E-state index contributed by atoms with van der Waals surface area (Å²) in [6.07, 6.45) is 4.58. The van der Waals surface area contributed by atoms with Crippen LogP contribution in [0.15, 0.2) is 55.2 Å². The SMILES string of the molecule is CC1(c2ccn(C3(C)CC3)n2)CC(C(=O)Nc2cnc(-c3ncccn3)c(C(F)(F)F)c2)c2cnc3cc(F)nn3c21. The van der Waals surface area contributed by atoms with Gasteiger partial charge in [-0.2, -0.15) is 22.7 Å². The van der Waals surface area contributed by atoms with Gasteiger partial charge in [-0.25, -0.2) is 19.5 Å². The van der Waals surface area contributed by atoms with Crippen LogP contribution >= 0.6 is 0 Å². The number of nitrogens with zero attached hydrogens (tertiary/aromatic N) is 8. The summed E-state index contributed by atoms with van der Waals surface area (Å²) >= 11 is 0. The van der Waals surface area contributed by atoms with Gasteiger partial charge < -0.3 is 5.32 Å². The minimum absolute atomic E-state index is 0.0711. The van der Waals surface area contributed by atoms with E-state index in [1.807, 2.05) is 23.9 Å². The zero-order valence-corrected chi connectivity index (χ0v) is 22.4. The van der Waals surface area contributed by atoms with E-state index in [1.165, 1.54) is 35.2 Å². The van der Waals surface area contributed by atoms with Crippen molar-refractivity contribution in [3.05, 3.63) is 83.7 Å². The number of anilines is 1. The first-order chi connectivity index (χ1) is 20.0. The Hall–Kier alpha value is -4.75. The minimum atomic E-state index is -4.78. The smallest absolute Gasteiger partial charge is 0.324 e. The summed E-state index contributed by atoms with van der Waals surface area (Å²) in [5.41, 5.74) is -0.661. The lowest BCUT2D eigenvalue weighted by Gasteiger charge is -2.24. The number of carbonyl (C=O) groups excluding carboxylic acids is 1. The number of halogens is 4. The van der Waals surface area contributed by atoms with E-state index in [0.717, 1.165) is 25.1 Å². The third-order valence-corrected chi connectivity index (χ3v) is 8.23. The first-order valence-corrected chi connectivity index (χ1v) is 13.2. The molecule has 5 aromatic heterocycles. The number of hydrogen-bond donors (Lipinski definition) is 1. The molecule has 14 heteroatoms. The zero-order valence-electron chi connectivity index (χ0n) is 22.4. The van der Waals surface area contributed by atoms with Crippen LogP contribution in [0, 0.1) is 5.95 Å². The minimum Gasteiger partial charge on any atom is -0.324 e. The average Bonchev–Trinajstić information content (AvgIpc) is 3.30. The number of alkyl halides is 3.